The molecule has 0 heterocycles. The predicted octanol–water partition coefficient (Wildman–Crippen LogP) is 2.63. The monoisotopic (exact) mass is 282 g/mol. The number of thiol groups is 2. The Morgan fingerprint density at radius 2 is 1.17 bits per heavy atom. The van der Waals surface area contributed by atoms with Gasteiger partial charge >= 0.3 is 10.5 Å². The number of carbonyl (C=O) groups excluding carboxylic acids is 2. The molecule has 94 valence electrons. The first-order valence-electron chi connectivity index (χ1n) is 4.60. The molecule has 0 saturated heterocycles. The molecule has 18 heavy (non-hydrogen) atoms. The van der Waals surface area contributed by atoms with E-state index in [0.29, 0.717) is 11.4 Å². The molecule has 0 saturated carbocycles. The summed E-state index contributed by atoms with van der Waals surface area (Å²) in [6.07, 6.45) is 0. The van der Waals surface area contributed by atoms with Gasteiger partial charge in [0.15, 0.2) is 0 Å². The molecule has 1 rings (SSSR count). The minimum atomic E-state index is -0.568. The van der Waals surface area contributed by atoms with Crippen LogP contribution in [0.1, 0.15) is 0 Å². The molecular formula is C10H10N4O2S2. The van der Waals surface area contributed by atoms with E-state index in [9.17, 15) is 9.59 Å². The summed E-state index contributed by atoms with van der Waals surface area (Å²) in [6.45, 7) is 6.52. The van der Waals surface area contributed by atoms with Crippen LogP contribution in [-0.4, -0.2) is 23.9 Å². The van der Waals surface area contributed by atoms with E-state index in [0.717, 1.165) is 10.0 Å². The molecule has 0 fully saturated rings. The van der Waals surface area contributed by atoms with E-state index in [1.54, 1.807) is 24.3 Å². The van der Waals surface area contributed by atoms with Crippen molar-refractivity contribution in [1.82, 2.24) is 0 Å². The van der Waals surface area contributed by atoms with Crippen LogP contribution in [0.15, 0.2) is 34.5 Å². The normalized spacial score (nSPS) is 9.44. The molecule has 0 radical (unpaired) electrons. The highest BCUT2D eigenvalue weighted by Crippen LogP contribution is 2.23. The third-order valence-electron chi connectivity index (χ3n) is 1.98. The third kappa shape index (κ3) is 3.11. The number of carbonyl (C=O) groups is 2. The Hall–Kier alpha value is -1.80. The second-order valence-electron chi connectivity index (χ2n) is 2.99. The van der Waals surface area contributed by atoms with Gasteiger partial charge in [-0.05, 0) is 24.3 Å². The number of benzene rings is 1. The zero-order chi connectivity index (χ0) is 13.7. The Labute approximate surface area is 115 Å². The molecule has 1 aromatic rings. The van der Waals surface area contributed by atoms with E-state index in [-0.39, 0.29) is 0 Å². The average Bonchev–Trinajstić information content (AvgIpc) is 2.32. The van der Waals surface area contributed by atoms with E-state index < -0.39 is 10.5 Å². The Bertz CT molecular complexity index is 444. The summed E-state index contributed by atoms with van der Waals surface area (Å²) in [5.74, 6) is 0. The van der Waals surface area contributed by atoms with Crippen molar-refractivity contribution in [2.45, 2.75) is 0 Å². The summed E-state index contributed by atoms with van der Waals surface area (Å²) in [5.41, 5.74) is 0.925. The van der Waals surface area contributed by atoms with Crippen LogP contribution in [0.5, 0.6) is 0 Å². The van der Waals surface area contributed by atoms with Crippen molar-refractivity contribution >= 4 is 60.5 Å². The van der Waals surface area contributed by atoms with Crippen LogP contribution in [0.4, 0.5) is 21.0 Å². The average molecular weight is 282 g/mol. The van der Waals surface area contributed by atoms with Gasteiger partial charge in [0.1, 0.15) is 0 Å². The maximum absolute atomic E-state index is 11.1. The first-order chi connectivity index (χ1) is 8.51. The third-order valence-corrected chi connectivity index (χ3v) is 2.36. The molecule has 0 aliphatic rings. The highest BCUT2D eigenvalue weighted by Gasteiger charge is 2.13. The summed E-state index contributed by atoms with van der Waals surface area (Å²) in [5, 5.41) is 7.89. The number of hydrogen-bond donors (Lipinski definition) is 2. The molecule has 6 nitrogen and oxygen atoms in total. The van der Waals surface area contributed by atoms with E-state index >= 15 is 0 Å². The van der Waals surface area contributed by atoms with Crippen molar-refractivity contribution < 1.29 is 9.59 Å². The lowest BCUT2D eigenvalue weighted by molar-refractivity contribution is 0.265. The van der Waals surface area contributed by atoms with Gasteiger partial charge in [-0.1, -0.05) is 25.3 Å². The van der Waals surface area contributed by atoms with Crippen LogP contribution < -0.4 is 10.0 Å². The summed E-state index contributed by atoms with van der Waals surface area (Å²) in [7, 11) is 0. The van der Waals surface area contributed by atoms with Crippen LogP contribution in [0.3, 0.4) is 0 Å². The lowest BCUT2D eigenvalue weighted by Crippen LogP contribution is -2.20. The Morgan fingerprint density at radius 1 is 0.889 bits per heavy atom. The maximum Gasteiger partial charge on any atom is 0.303 e. The van der Waals surface area contributed by atoms with Gasteiger partial charge in [0.2, 0.25) is 0 Å². The molecule has 0 atom stereocenters. The van der Waals surface area contributed by atoms with Crippen molar-refractivity contribution in [2.75, 3.05) is 10.0 Å². The van der Waals surface area contributed by atoms with Crippen molar-refractivity contribution in [1.29, 1.82) is 0 Å². The summed E-state index contributed by atoms with van der Waals surface area (Å²) >= 11 is 7.30. The summed E-state index contributed by atoms with van der Waals surface area (Å²) < 4.78 is 0. The summed E-state index contributed by atoms with van der Waals surface area (Å²) in [6, 6.07) is 6.25. The van der Waals surface area contributed by atoms with Gasteiger partial charge in [-0.3, -0.25) is 9.59 Å². The Kier molecular flexibility index (Phi) is 4.93. The van der Waals surface area contributed by atoms with Crippen molar-refractivity contribution in [3.63, 3.8) is 0 Å². The molecule has 0 spiro atoms. The van der Waals surface area contributed by atoms with E-state index in [4.69, 9.17) is 0 Å². The molecule has 8 heteroatoms. The molecule has 1 aromatic carbocycles. The van der Waals surface area contributed by atoms with Gasteiger partial charge in [-0.15, -0.1) is 0 Å². The Balaban J connectivity index is 3.05. The maximum atomic E-state index is 11.1. The molecule has 0 unspecified atom stereocenters. The van der Waals surface area contributed by atoms with Crippen molar-refractivity contribution in [3.05, 3.63) is 24.3 Å². The standard InChI is InChI=1S/C10H10N4O2S2/c1-11-13(9(15)17)7-3-5-8(6-4-7)14(12-2)10(16)18/h3-6H,1-2H2,(H,15,17)(H,16,18). The van der Waals surface area contributed by atoms with Crippen molar-refractivity contribution in [3.8, 4) is 0 Å². The van der Waals surface area contributed by atoms with Gasteiger partial charge in [0.25, 0.3) is 0 Å². The molecule has 0 N–H and O–H groups in total. The highest BCUT2D eigenvalue weighted by atomic mass is 32.1. The minimum Gasteiger partial charge on any atom is -0.260 e. The lowest BCUT2D eigenvalue weighted by atomic mass is 10.3. The van der Waals surface area contributed by atoms with Crippen molar-refractivity contribution in [2.24, 2.45) is 10.2 Å². The molecular weight excluding hydrogens is 272 g/mol. The minimum absolute atomic E-state index is 0.462. The Morgan fingerprint density at radius 3 is 1.33 bits per heavy atom. The van der Waals surface area contributed by atoms with Gasteiger partial charge in [0.05, 0.1) is 11.4 Å². The molecule has 2 amide bonds. The van der Waals surface area contributed by atoms with Gasteiger partial charge in [-0.25, -0.2) is 0 Å². The smallest absolute Gasteiger partial charge is 0.260 e. The topological polar surface area (TPSA) is 65.3 Å². The fraction of sp³-hybridized carbons (Fsp3) is 0. The number of anilines is 2. The quantitative estimate of drug-likeness (QED) is 0.506. The predicted molar refractivity (Wildman–Crippen MR) is 79.3 cm³/mol. The molecule has 0 aliphatic heterocycles. The second kappa shape index (κ2) is 6.22. The fourth-order valence-electron chi connectivity index (χ4n) is 1.24. The number of nitrogens with zero attached hydrogens (tertiary/aromatic N) is 4. The number of amides is 2. The largest absolute Gasteiger partial charge is 0.303 e. The zero-order valence-electron chi connectivity index (χ0n) is 9.22. The van der Waals surface area contributed by atoms with Crippen LogP contribution in [0.2, 0.25) is 0 Å². The summed E-state index contributed by atoms with van der Waals surface area (Å²) in [4.78, 5) is 22.2. The fourth-order valence-corrected chi connectivity index (χ4v) is 1.60. The number of hydrogen-bond acceptors (Lipinski definition) is 4. The van der Waals surface area contributed by atoms with Gasteiger partial charge in [0, 0.05) is 13.4 Å². The van der Waals surface area contributed by atoms with E-state index in [1.165, 1.54) is 0 Å². The van der Waals surface area contributed by atoms with E-state index in [2.05, 4.69) is 48.9 Å². The van der Waals surface area contributed by atoms with E-state index in [1.807, 2.05) is 0 Å². The first kappa shape index (κ1) is 14.3. The first-order valence-corrected chi connectivity index (χ1v) is 5.50. The van der Waals surface area contributed by atoms with Gasteiger partial charge < -0.3 is 0 Å². The van der Waals surface area contributed by atoms with Crippen LogP contribution >= 0.6 is 25.3 Å². The van der Waals surface area contributed by atoms with Crippen LogP contribution in [0.25, 0.3) is 0 Å². The van der Waals surface area contributed by atoms with Crippen LogP contribution in [0, 0.1) is 0 Å². The zero-order valence-corrected chi connectivity index (χ0v) is 11.0. The second-order valence-corrected chi connectivity index (χ2v) is 3.75. The van der Waals surface area contributed by atoms with Crippen LogP contribution in [-0.2, 0) is 0 Å². The highest BCUT2D eigenvalue weighted by molar-refractivity contribution is 7.97. The number of rotatable bonds is 4. The van der Waals surface area contributed by atoms with Gasteiger partial charge in [-0.2, -0.15) is 20.2 Å². The number of hydrazone groups is 2. The molecule has 0 bridgehead atoms. The molecule has 0 aliphatic carbocycles. The lowest BCUT2D eigenvalue weighted by Gasteiger charge is -2.16. The SMILES string of the molecule is C=NN(C(=O)S)c1ccc(N(N=C)C(=O)S)cc1. The molecule has 0 aromatic heterocycles.